The van der Waals surface area contributed by atoms with E-state index in [1.165, 1.54) is 0 Å². The molecule has 0 aliphatic carbocycles. The van der Waals surface area contributed by atoms with Crippen LogP contribution in [-0.2, 0) is 15.9 Å². The molecule has 0 unspecified atom stereocenters. The third-order valence-corrected chi connectivity index (χ3v) is 3.98. The van der Waals surface area contributed by atoms with E-state index in [0.717, 1.165) is 57.2 Å². The first-order valence-corrected chi connectivity index (χ1v) is 8.19. The monoisotopic (exact) mass is 326 g/mol. The van der Waals surface area contributed by atoms with Crippen LogP contribution in [0.4, 0.5) is 0 Å². The van der Waals surface area contributed by atoms with E-state index in [2.05, 4.69) is 6.58 Å². The number of hydrogen-bond acceptors (Lipinski definition) is 3. The molecule has 1 aromatic rings. The van der Waals surface area contributed by atoms with Crippen molar-refractivity contribution in [3.63, 3.8) is 0 Å². The predicted octanol–water partition coefficient (Wildman–Crippen LogP) is 1.38. The second kappa shape index (κ2) is 9.85. The average Bonchev–Trinajstić information content (AvgIpc) is 2.54. The SMILES string of the molecule is C=CCc1cccc(Cl)c1OCCOCC[NH+]1CCOCC1. The smallest absolute Gasteiger partial charge is 0.141 e. The van der Waals surface area contributed by atoms with Crippen molar-refractivity contribution in [3.8, 4) is 5.75 Å². The fraction of sp³-hybridized carbons (Fsp3) is 0.529. The van der Waals surface area contributed by atoms with Crippen molar-refractivity contribution in [3.05, 3.63) is 41.4 Å². The van der Waals surface area contributed by atoms with Crippen molar-refractivity contribution in [1.29, 1.82) is 0 Å². The van der Waals surface area contributed by atoms with Crippen molar-refractivity contribution in [2.45, 2.75) is 6.42 Å². The molecular formula is C17H25ClNO3+. The van der Waals surface area contributed by atoms with Gasteiger partial charge < -0.3 is 19.1 Å². The molecule has 122 valence electrons. The van der Waals surface area contributed by atoms with Gasteiger partial charge in [0.1, 0.15) is 32.0 Å². The maximum atomic E-state index is 6.19. The van der Waals surface area contributed by atoms with Crippen LogP contribution in [0.3, 0.4) is 0 Å². The van der Waals surface area contributed by atoms with Crippen LogP contribution in [0.5, 0.6) is 5.75 Å². The highest BCUT2D eigenvalue weighted by Crippen LogP contribution is 2.29. The summed E-state index contributed by atoms with van der Waals surface area (Å²) in [4.78, 5) is 1.55. The molecule has 1 aliphatic heterocycles. The average molecular weight is 327 g/mol. The van der Waals surface area contributed by atoms with Crippen LogP contribution in [0, 0.1) is 0 Å². The topological polar surface area (TPSA) is 32.1 Å². The number of hydrogen-bond donors (Lipinski definition) is 1. The number of benzene rings is 1. The minimum absolute atomic E-state index is 0.506. The Morgan fingerprint density at radius 2 is 2.05 bits per heavy atom. The molecule has 0 radical (unpaired) electrons. The molecule has 0 amide bonds. The molecule has 5 heteroatoms. The fourth-order valence-electron chi connectivity index (χ4n) is 2.46. The van der Waals surface area contributed by atoms with Crippen LogP contribution in [-0.4, -0.2) is 52.7 Å². The van der Waals surface area contributed by atoms with Crippen molar-refractivity contribution in [1.82, 2.24) is 0 Å². The number of nitrogens with one attached hydrogen (secondary N) is 1. The standard InChI is InChI=1S/C17H24ClNO3/c1-2-4-15-5-3-6-16(18)17(15)22-14-13-21-12-9-19-7-10-20-11-8-19/h2-3,5-6H,1,4,7-14H2/p+1. The number of morpholine rings is 1. The van der Waals surface area contributed by atoms with Gasteiger partial charge in [-0.25, -0.2) is 0 Å². The zero-order chi connectivity index (χ0) is 15.6. The molecule has 0 saturated carbocycles. The molecule has 0 aromatic heterocycles. The quantitative estimate of drug-likeness (QED) is 0.549. The summed E-state index contributed by atoms with van der Waals surface area (Å²) in [6.07, 6.45) is 2.59. The third kappa shape index (κ3) is 5.61. The first kappa shape index (κ1) is 17.3. The van der Waals surface area contributed by atoms with Gasteiger partial charge in [-0.2, -0.15) is 0 Å². The highest BCUT2D eigenvalue weighted by atomic mass is 35.5. The van der Waals surface area contributed by atoms with E-state index in [9.17, 15) is 0 Å². The summed E-state index contributed by atoms with van der Waals surface area (Å²) in [6, 6.07) is 5.77. The van der Waals surface area contributed by atoms with Crippen LogP contribution in [0.1, 0.15) is 5.56 Å². The second-order valence-electron chi connectivity index (χ2n) is 5.29. The summed E-state index contributed by atoms with van der Waals surface area (Å²) < 4.78 is 16.8. The number of halogens is 1. The minimum atomic E-state index is 0.506. The number of ether oxygens (including phenoxy) is 3. The first-order valence-electron chi connectivity index (χ1n) is 7.81. The normalized spacial score (nSPS) is 15.7. The van der Waals surface area contributed by atoms with Gasteiger partial charge in [0, 0.05) is 0 Å². The number of allylic oxidation sites excluding steroid dienone is 1. The number of rotatable bonds is 9. The van der Waals surface area contributed by atoms with Gasteiger partial charge in [0.2, 0.25) is 0 Å². The van der Waals surface area contributed by atoms with Gasteiger partial charge in [-0.15, -0.1) is 6.58 Å². The Kier molecular flexibility index (Phi) is 7.74. The number of para-hydroxylation sites is 1. The van der Waals surface area contributed by atoms with E-state index in [0.29, 0.717) is 18.2 Å². The molecule has 1 fully saturated rings. The van der Waals surface area contributed by atoms with Crippen LogP contribution >= 0.6 is 11.6 Å². The van der Waals surface area contributed by atoms with E-state index < -0.39 is 0 Å². The van der Waals surface area contributed by atoms with Crippen molar-refractivity contribution < 1.29 is 19.1 Å². The van der Waals surface area contributed by atoms with Crippen molar-refractivity contribution in [2.75, 3.05) is 52.7 Å². The highest BCUT2D eigenvalue weighted by molar-refractivity contribution is 6.32. The maximum Gasteiger partial charge on any atom is 0.141 e. The molecule has 22 heavy (non-hydrogen) atoms. The lowest BCUT2D eigenvalue weighted by Crippen LogP contribution is -3.14. The zero-order valence-electron chi connectivity index (χ0n) is 13.0. The molecule has 1 N–H and O–H groups in total. The van der Waals surface area contributed by atoms with Gasteiger partial charge in [0.05, 0.1) is 31.5 Å². The Morgan fingerprint density at radius 1 is 1.23 bits per heavy atom. The lowest BCUT2D eigenvalue weighted by Gasteiger charge is -2.23. The highest BCUT2D eigenvalue weighted by Gasteiger charge is 2.13. The van der Waals surface area contributed by atoms with E-state index in [4.69, 9.17) is 25.8 Å². The van der Waals surface area contributed by atoms with Crippen molar-refractivity contribution >= 4 is 11.6 Å². The van der Waals surface area contributed by atoms with Gasteiger partial charge in [-0.1, -0.05) is 29.8 Å². The van der Waals surface area contributed by atoms with Crippen LogP contribution in [0.15, 0.2) is 30.9 Å². The van der Waals surface area contributed by atoms with Crippen LogP contribution in [0.2, 0.25) is 5.02 Å². The largest absolute Gasteiger partial charge is 0.489 e. The van der Waals surface area contributed by atoms with Gasteiger partial charge in [-0.3, -0.25) is 0 Å². The Morgan fingerprint density at radius 3 is 2.82 bits per heavy atom. The van der Waals surface area contributed by atoms with Gasteiger partial charge in [0.25, 0.3) is 0 Å². The summed E-state index contributed by atoms with van der Waals surface area (Å²) in [6.45, 7) is 10.5. The summed E-state index contributed by atoms with van der Waals surface area (Å²) >= 11 is 6.19. The summed E-state index contributed by atoms with van der Waals surface area (Å²) in [5.74, 6) is 0.742. The second-order valence-corrected chi connectivity index (χ2v) is 5.70. The number of quaternary nitrogens is 1. The summed E-state index contributed by atoms with van der Waals surface area (Å²) in [5.41, 5.74) is 1.06. The fourth-order valence-corrected chi connectivity index (χ4v) is 2.71. The molecule has 2 rings (SSSR count). The lowest BCUT2D eigenvalue weighted by atomic mass is 10.1. The molecule has 0 atom stereocenters. The van der Waals surface area contributed by atoms with Crippen LogP contribution in [0.25, 0.3) is 0 Å². The Bertz CT molecular complexity index is 461. The minimum Gasteiger partial charge on any atom is -0.489 e. The van der Waals surface area contributed by atoms with Crippen molar-refractivity contribution in [2.24, 2.45) is 0 Å². The Hall–Kier alpha value is -1.07. The molecule has 1 aliphatic rings. The van der Waals surface area contributed by atoms with Gasteiger partial charge in [0.15, 0.2) is 0 Å². The van der Waals surface area contributed by atoms with E-state index >= 15 is 0 Å². The molecule has 1 aromatic carbocycles. The molecule has 4 nitrogen and oxygen atoms in total. The molecule has 0 bridgehead atoms. The van der Waals surface area contributed by atoms with E-state index in [-0.39, 0.29) is 0 Å². The maximum absolute atomic E-state index is 6.19. The summed E-state index contributed by atoms with van der Waals surface area (Å²) in [5, 5.41) is 0.636. The first-order chi connectivity index (χ1) is 10.8. The Labute approximate surface area is 137 Å². The molecule has 1 saturated heterocycles. The third-order valence-electron chi connectivity index (χ3n) is 3.69. The molecular weight excluding hydrogens is 302 g/mol. The zero-order valence-corrected chi connectivity index (χ0v) is 13.7. The van der Waals surface area contributed by atoms with Gasteiger partial charge >= 0.3 is 0 Å². The van der Waals surface area contributed by atoms with E-state index in [1.807, 2.05) is 24.3 Å². The van der Waals surface area contributed by atoms with Crippen LogP contribution < -0.4 is 9.64 Å². The Balaban J connectivity index is 1.65. The van der Waals surface area contributed by atoms with E-state index in [1.54, 1.807) is 4.90 Å². The summed E-state index contributed by atoms with van der Waals surface area (Å²) in [7, 11) is 0. The van der Waals surface area contributed by atoms with Gasteiger partial charge in [-0.05, 0) is 18.1 Å². The molecule has 0 spiro atoms. The lowest BCUT2D eigenvalue weighted by molar-refractivity contribution is -0.908. The predicted molar refractivity (Wildman–Crippen MR) is 88.0 cm³/mol. The molecule has 1 heterocycles.